The zero-order valence-electron chi connectivity index (χ0n) is 20.2. The Morgan fingerprint density at radius 2 is 1.94 bits per heavy atom. The molecule has 2 aliphatic heterocycles. The molecule has 0 bridgehead atoms. The van der Waals surface area contributed by atoms with Crippen LogP contribution < -0.4 is 20.4 Å². The smallest absolute Gasteiger partial charge is 0.374 e. The number of benzene rings is 1. The molecule has 1 aromatic heterocycles. The minimum absolute atomic E-state index is 0.00788. The lowest BCUT2D eigenvalue weighted by Crippen LogP contribution is -2.37. The number of carbonyl (C=O) groups is 1. The van der Waals surface area contributed by atoms with E-state index in [1.165, 1.54) is 0 Å². The lowest BCUT2D eigenvalue weighted by Gasteiger charge is -2.29. The Kier molecular flexibility index (Phi) is 8.28. The van der Waals surface area contributed by atoms with Crippen LogP contribution in [0.15, 0.2) is 30.3 Å². The van der Waals surface area contributed by atoms with Crippen LogP contribution in [0.4, 0.5) is 28.1 Å². The fourth-order valence-electron chi connectivity index (χ4n) is 3.70. The van der Waals surface area contributed by atoms with E-state index in [1.54, 1.807) is 23.5 Å². The minimum atomic E-state index is -3.33. The zero-order chi connectivity index (χ0) is 25.7. The second-order valence-corrected chi connectivity index (χ2v) is 12.2. The van der Waals surface area contributed by atoms with Crippen molar-refractivity contribution in [3.05, 3.63) is 35.9 Å². The molecule has 36 heavy (non-hydrogen) atoms. The molecule has 1 aromatic carbocycles. The number of nitrogens with one attached hydrogen (secondary N) is 3. The van der Waals surface area contributed by atoms with Gasteiger partial charge in [-0.1, -0.05) is 19.1 Å². The molecule has 4 N–H and O–H groups in total. The summed E-state index contributed by atoms with van der Waals surface area (Å²) in [5.74, 6) is 1.74. The van der Waals surface area contributed by atoms with Gasteiger partial charge in [-0.3, -0.25) is 10.1 Å². The molecule has 2 aliphatic rings. The van der Waals surface area contributed by atoms with Gasteiger partial charge in [0.15, 0.2) is 0 Å². The molecule has 196 valence electrons. The first-order chi connectivity index (χ1) is 17.2. The van der Waals surface area contributed by atoms with Crippen molar-refractivity contribution in [2.75, 3.05) is 59.0 Å². The van der Waals surface area contributed by atoms with Crippen LogP contribution in [-0.2, 0) is 21.3 Å². The van der Waals surface area contributed by atoms with Crippen molar-refractivity contribution < 1.29 is 23.1 Å². The average molecular weight is 538 g/mol. The first kappa shape index (κ1) is 26.1. The number of nitrogens with zero attached hydrogens (tertiary/aromatic N) is 4. The van der Waals surface area contributed by atoms with Gasteiger partial charge in [0.1, 0.15) is 11.6 Å². The van der Waals surface area contributed by atoms with E-state index in [0.29, 0.717) is 62.7 Å². The van der Waals surface area contributed by atoms with E-state index in [-0.39, 0.29) is 11.7 Å². The molecule has 1 saturated heterocycles. The Labute approximate surface area is 213 Å². The molecule has 2 unspecified atom stereocenters. The largest absolute Gasteiger partial charge is 0.473 e. The maximum absolute atomic E-state index is 11.8. The van der Waals surface area contributed by atoms with Gasteiger partial charge in [0.25, 0.3) is 0 Å². The van der Waals surface area contributed by atoms with Crippen LogP contribution in [0.1, 0.15) is 19.4 Å². The van der Waals surface area contributed by atoms with Gasteiger partial charge in [0.05, 0.1) is 19.0 Å². The summed E-state index contributed by atoms with van der Waals surface area (Å²) < 4.78 is 33.2. The molecule has 2 atom stereocenters. The molecule has 0 spiro atoms. The molecule has 12 nitrogen and oxygen atoms in total. The number of ether oxygens (including phenoxy) is 1. The van der Waals surface area contributed by atoms with Crippen LogP contribution in [0.5, 0.6) is 0 Å². The molecular formula is C22H31N7O5S2. The van der Waals surface area contributed by atoms with E-state index in [9.17, 15) is 18.3 Å². The highest BCUT2D eigenvalue weighted by Gasteiger charge is 2.26. The average Bonchev–Trinajstić information content (AvgIpc) is 3.24. The monoisotopic (exact) mass is 537 g/mol. The third-order valence-electron chi connectivity index (χ3n) is 5.58. The first-order valence-electron chi connectivity index (χ1n) is 11.6. The van der Waals surface area contributed by atoms with Gasteiger partial charge in [0, 0.05) is 48.6 Å². The fourth-order valence-corrected chi connectivity index (χ4v) is 5.89. The van der Waals surface area contributed by atoms with Crippen molar-refractivity contribution in [3.63, 3.8) is 0 Å². The van der Waals surface area contributed by atoms with Gasteiger partial charge < -0.3 is 20.1 Å². The quantitative estimate of drug-likeness (QED) is 0.350. The maximum Gasteiger partial charge on any atom is 0.374 e. The number of morpholine rings is 1. The summed E-state index contributed by atoms with van der Waals surface area (Å²) in [6.45, 7) is 7.14. The molecule has 14 heteroatoms. The maximum atomic E-state index is 11.8. The van der Waals surface area contributed by atoms with E-state index in [1.807, 2.05) is 30.5 Å². The predicted molar refractivity (Wildman–Crippen MR) is 143 cm³/mol. The third-order valence-corrected chi connectivity index (χ3v) is 8.69. The van der Waals surface area contributed by atoms with Gasteiger partial charge >= 0.3 is 5.30 Å². The highest BCUT2D eigenvalue weighted by molar-refractivity contribution is 8.25. The summed E-state index contributed by atoms with van der Waals surface area (Å²) in [6.07, 6.45) is 0. The van der Waals surface area contributed by atoms with Crippen LogP contribution in [0.3, 0.4) is 0 Å². The molecule has 2 aromatic rings. The van der Waals surface area contributed by atoms with Crippen LogP contribution in [0.2, 0.25) is 0 Å². The van der Waals surface area contributed by atoms with E-state index >= 15 is 0 Å². The van der Waals surface area contributed by atoms with Crippen LogP contribution in [0, 0.1) is 5.92 Å². The van der Waals surface area contributed by atoms with Crippen molar-refractivity contribution in [2.45, 2.75) is 20.4 Å². The standard InChI is InChI=1S/C22H31N7O5S2/c1-3-36(32,33)27-18-6-4-17(5-7-18)13-23-19-12-20(28-8-10-34-11-9-28)25-21(24-19)26-29-14-16(2)15-35(29)22(30)31/h4-7,12,15-16,27H,3,8-11,13-14H2,1-2H3,(H,30,31)(H2,23,24,25,26). The molecule has 0 amide bonds. The SMILES string of the molecule is CCS(=O)(=O)Nc1ccc(CNc2cc(N3CCOCC3)nc(NN3CC(C)C=S3C(=O)O)n2)cc1. The van der Waals surface area contributed by atoms with Gasteiger partial charge in [-0.2, -0.15) is 14.4 Å². The van der Waals surface area contributed by atoms with Crippen molar-refractivity contribution in [2.24, 2.45) is 5.92 Å². The van der Waals surface area contributed by atoms with E-state index < -0.39 is 26.0 Å². The lowest BCUT2D eigenvalue weighted by molar-refractivity contribution is 0.122. The number of hydrazine groups is 1. The Morgan fingerprint density at radius 3 is 2.61 bits per heavy atom. The number of anilines is 4. The highest BCUT2D eigenvalue weighted by atomic mass is 32.2. The number of carboxylic acid groups (broad SMARTS) is 1. The van der Waals surface area contributed by atoms with Gasteiger partial charge in [-0.15, -0.1) is 0 Å². The molecular weight excluding hydrogens is 506 g/mol. The first-order valence-corrected chi connectivity index (χ1v) is 14.5. The van der Waals surface area contributed by atoms with Crippen molar-refractivity contribution in [1.82, 2.24) is 14.4 Å². The fraction of sp³-hybridized carbons (Fsp3) is 0.455. The Morgan fingerprint density at radius 1 is 1.22 bits per heavy atom. The molecule has 0 aliphatic carbocycles. The van der Waals surface area contributed by atoms with E-state index in [0.717, 1.165) is 5.56 Å². The molecule has 4 rings (SSSR count). The van der Waals surface area contributed by atoms with Crippen LogP contribution >= 0.6 is 10.7 Å². The summed E-state index contributed by atoms with van der Waals surface area (Å²) in [4.78, 5) is 23.0. The number of rotatable bonds is 9. The van der Waals surface area contributed by atoms with Crippen molar-refractivity contribution >= 4 is 54.6 Å². The number of aromatic nitrogens is 2. The van der Waals surface area contributed by atoms with Crippen LogP contribution in [-0.4, -0.2) is 77.2 Å². The summed E-state index contributed by atoms with van der Waals surface area (Å²) >= 11 is 0. The molecule has 0 saturated carbocycles. The summed E-state index contributed by atoms with van der Waals surface area (Å²) in [5.41, 5.74) is 4.55. The Hall–Kier alpha value is -2.94. The Bertz CT molecular complexity index is 1220. The third kappa shape index (κ3) is 6.84. The highest BCUT2D eigenvalue weighted by Crippen LogP contribution is 2.30. The van der Waals surface area contributed by atoms with Gasteiger partial charge in [-0.25, -0.2) is 13.2 Å². The van der Waals surface area contributed by atoms with Crippen molar-refractivity contribution in [3.8, 4) is 0 Å². The number of sulfonamides is 1. The van der Waals surface area contributed by atoms with E-state index in [2.05, 4.69) is 30.3 Å². The molecule has 0 radical (unpaired) electrons. The van der Waals surface area contributed by atoms with Gasteiger partial charge in [0.2, 0.25) is 16.0 Å². The summed E-state index contributed by atoms with van der Waals surface area (Å²) in [5, 5.41) is 13.8. The Balaban J connectivity index is 1.50. The second-order valence-electron chi connectivity index (χ2n) is 8.46. The number of hydrogen-bond acceptors (Lipinski definition) is 10. The molecule has 1 fully saturated rings. The van der Waals surface area contributed by atoms with E-state index in [4.69, 9.17) is 4.74 Å². The zero-order valence-corrected chi connectivity index (χ0v) is 21.8. The topological polar surface area (TPSA) is 149 Å². The molecule has 3 heterocycles. The second kappa shape index (κ2) is 11.4. The number of hydrogen-bond donors (Lipinski definition) is 4. The lowest BCUT2D eigenvalue weighted by atomic mass is 10.2. The predicted octanol–water partition coefficient (Wildman–Crippen LogP) is 2.63. The van der Waals surface area contributed by atoms with Crippen molar-refractivity contribution in [1.29, 1.82) is 0 Å². The summed E-state index contributed by atoms with van der Waals surface area (Å²) in [6, 6.07) is 8.96. The van der Waals surface area contributed by atoms with Gasteiger partial charge in [-0.05, 0) is 35.9 Å². The normalized spacial score (nSPS) is 20.6. The van der Waals surface area contributed by atoms with Crippen LogP contribution in [0.25, 0.3) is 0 Å². The summed E-state index contributed by atoms with van der Waals surface area (Å²) in [7, 11) is -4.41. The minimum Gasteiger partial charge on any atom is -0.473 e.